The van der Waals surface area contributed by atoms with Crippen molar-refractivity contribution in [3.8, 4) is 0 Å². The number of sulfone groups is 1. The lowest BCUT2D eigenvalue weighted by atomic mass is 9.89. The number of thioether (sulfide) groups is 1. The molecule has 2 atom stereocenters. The number of amides is 1. The van der Waals surface area contributed by atoms with E-state index in [1.54, 1.807) is 0 Å². The van der Waals surface area contributed by atoms with Crippen molar-refractivity contribution in [2.75, 3.05) is 11.5 Å². The number of nitrogens with zero attached hydrogens (tertiary/aromatic N) is 2. The van der Waals surface area contributed by atoms with E-state index in [9.17, 15) is 13.2 Å². The van der Waals surface area contributed by atoms with Crippen molar-refractivity contribution in [2.45, 2.75) is 49.9 Å². The van der Waals surface area contributed by atoms with Crippen LogP contribution in [0, 0.1) is 5.92 Å². The molecule has 1 aromatic rings. The fraction of sp³-hybridized carbons (Fsp3) is 0.579. The van der Waals surface area contributed by atoms with E-state index >= 15 is 0 Å². The van der Waals surface area contributed by atoms with E-state index in [1.807, 2.05) is 29.2 Å². The molecular weight excluding hydrogens is 404 g/mol. The summed E-state index contributed by atoms with van der Waals surface area (Å²) in [6.45, 7) is 0.472. The number of hydrogen-bond acceptors (Lipinski definition) is 4. The first-order valence-corrected chi connectivity index (χ1v) is 12.5. The molecule has 0 bridgehead atoms. The molecule has 5 nitrogen and oxygen atoms in total. The number of carbonyl (C=O) groups is 1. The minimum Gasteiger partial charge on any atom is -0.342 e. The second kappa shape index (κ2) is 7.76. The van der Waals surface area contributed by atoms with Crippen molar-refractivity contribution in [1.82, 2.24) is 4.90 Å². The summed E-state index contributed by atoms with van der Waals surface area (Å²) in [5.74, 6) is 0.228. The molecule has 0 radical (unpaired) electrons. The molecule has 1 aromatic carbocycles. The number of amidine groups is 1. The number of hydrogen-bond donors (Lipinski definition) is 0. The molecule has 1 aliphatic carbocycles. The highest BCUT2D eigenvalue weighted by atomic mass is 35.5. The van der Waals surface area contributed by atoms with Gasteiger partial charge in [0.15, 0.2) is 15.0 Å². The first kappa shape index (κ1) is 19.3. The Morgan fingerprint density at radius 2 is 1.93 bits per heavy atom. The van der Waals surface area contributed by atoms with Crippen LogP contribution in [-0.2, 0) is 21.2 Å². The summed E-state index contributed by atoms with van der Waals surface area (Å²) in [5.41, 5.74) is 0.919. The van der Waals surface area contributed by atoms with Gasteiger partial charge in [-0.25, -0.2) is 8.42 Å². The molecule has 4 rings (SSSR count). The highest BCUT2D eigenvalue weighted by Gasteiger charge is 2.49. The number of fused-ring (bicyclic) bond motifs is 1. The summed E-state index contributed by atoms with van der Waals surface area (Å²) in [6, 6.07) is 7.40. The van der Waals surface area contributed by atoms with Crippen LogP contribution in [0.3, 0.4) is 0 Å². The average molecular weight is 427 g/mol. The van der Waals surface area contributed by atoms with Gasteiger partial charge in [-0.1, -0.05) is 60.8 Å². The molecule has 27 heavy (non-hydrogen) atoms. The van der Waals surface area contributed by atoms with Gasteiger partial charge in [0.05, 0.1) is 17.5 Å². The van der Waals surface area contributed by atoms with Crippen LogP contribution in [0.2, 0.25) is 5.02 Å². The SMILES string of the molecule is O=C(N=C1S[C@H]2CS(=O)(=O)C[C@H]2N1Cc1ccccc1Cl)C1CCCCC1. The molecule has 3 fully saturated rings. The lowest BCUT2D eigenvalue weighted by molar-refractivity contribution is -0.122. The Bertz CT molecular complexity index is 865. The van der Waals surface area contributed by atoms with Crippen molar-refractivity contribution in [1.29, 1.82) is 0 Å². The van der Waals surface area contributed by atoms with Gasteiger partial charge < -0.3 is 4.90 Å². The van der Waals surface area contributed by atoms with E-state index in [0.29, 0.717) is 16.7 Å². The zero-order valence-corrected chi connectivity index (χ0v) is 17.4. The molecule has 1 saturated carbocycles. The van der Waals surface area contributed by atoms with Gasteiger partial charge in [0.1, 0.15) is 0 Å². The first-order chi connectivity index (χ1) is 12.9. The maximum absolute atomic E-state index is 12.7. The van der Waals surface area contributed by atoms with Crippen molar-refractivity contribution in [3.63, 3.8) is 0 Å². The molecule has 3 aliphatic rings. The summed E-state index contributed by atoms with van der Waals surface area (Å²) in [7, 11) is -3.05. The number of halogens is 1. The van der Waals surface area contributed by atoms with E-state index in [1.165, 1.54) is 18.2 Å². The van der Waals surface area contributed by atoms with Gasteiger partial charge in [0, 0.05) is 22.7 Å². The highest BCUT2D eigenvalue weighted by Crippen LogP contribution is 2.40. The van der Waals surface area contributed by atoms with Crippen molar-refractivity contribution in [3.05, 3.63) is 34.9 Å². The van der Waals surface area contributed by atoms with Crippen LogP contribution in [0.4, 0.5) is 0 Å². The van der Waals surface area contributed by atoms with Gasteiger partial charge in [-0.3, -0.25) is 4.79 Å². The smallest absolute Gasteiger partial charge is 0.251 e. The molecule has 0 unspecified atom stereocenters. The summed E-state index contributed by atoms with van der Waals surface area (Å²) < 4.78 is 24.2. The van der Waals surface area contributed by atoms with Crippen molar-refractivity contribution in [2.24, 2.45) is 10.9 Å². The fourth-order valence-corrected chi connectivity index (χ4v) is 8.32. The van der Waals surface area contributed by atoms with Crippen LogP contribution in [0.1, 0.15) is 37.7 Å². The van der Waals surface area contributed by atoms with Crippen LogP contribution < -0.4 is 0 Å². The Morgan fingerprint density at radius 3 is 2.67 bits per heavy atom. The highest BCUT2D eigenvalue weighted by molar-refractivity contribution is 8.15. The van der Waals surface area contributed by atoms with Crippen molar-refractivity contribution < 1.29 is 13.2 Å². The van der Waals surface area contributed by atoms with Crippen LogP contribution in [-0.4, -0.2) is 47.2 Å². The molecule has 2 aliphatic heterocycles. The van der Waals surface area contributed by atoms with Gasteiger partial charge in [-0.2, -0.15) is 4.99 Å². The second-order valence-corrected chi connectivity index (χ2v) is 11.4. The molecule has 2 heterocycles. The monoisotopic (exact) mass is 426 g/mol. The number of carbonyl (C=O) groups excluding carboxylic acids is 1. The Hall–Kier alpha value is -1.05. The van der Waals surface area contributed by atoms with Crippen LogP contribution in [0.15, 0.2) is 29.3 Å². The summed E-state index contributed by atoms with van der Waals surface area (Å²) in [6.07, 6.45) is 5.18. The molecule has 0 N–H and O–H groups in total. The predicted molar refractivity (Wildman–Crippen MR) is 110 cm³/mol. The summed E-state index contributed by atoms with van der Waals surface area (Å²) in [4.78, 5) is 19.1. The molecule has 0 aromatic heterocycles. The van der Waals surface area contributed by atoms with Gasteiger partial charge in [-0.05, 0) is 24.5 Å². The maximum Gasteiger partial charge on any atom is 0.251 e. The van der Waals surface area contributed by atoms with E-state index in [0.717, 1.165) is 31.2 Å². The van der Waals surface area contributed by atoms with Gasteiger partial charge in [-0.15, -0.1) is 0 Å². The number of aliphatic imine (C=N–C) groups is 1. The predicted octanol–water partition coefficient (Wildman–Crippen LogP) is 3.52. The van der Waals surface area contributed by atoms with Crippen LogP contribution in [0.5, 0.6) is 0 Å². The van der Waals surface area contributed by atoms with Gasteiger partial charge in [0.25, 0.3) is 5.91 Å². The normalized spacial score (nSPS) is 29.2. The lowest BCUT2D eigenvalue weighted by Crippen LogP contribution is -2.37. The quantitative estimate of drug-likeness (QED) is 0.739. The van der Waals surface area contributed by atoms with E-state index in [4.69, 9.17) is 11.6 Å². The third-order valence-electron chi connectivity index (χ3n) is 5.63. The topological polar surface area (TPSA) is 66.8 Å². The third kappa shape index (κ3) is 4.20. The van der Waals surface area contributed by atoms with E-state index in [-0.39, 0.29) is 34.6 Å². The molecule has 146 valence electrons. The standard InChI is InChI=1S/C19H23ClN2O3S2/c20-15-9-5-4-8-14(15)10-22-16-11-27(24,25)12-17(16)26-19(22)21-18(23)13-6-2-1-3-7-13/h4-5,8-9,13,16-17H,1-3,6-7,10-12H2/t16-,17+/m1/s1. The molecule has 0 spiro atoms. The summed E-state index contributed by atoms with van der Waals surface area (Å²) >= 11 is 7.76. The largest absolute Gasteiger partial charge is 0.342 e. The number of rotatable bonds is 3. The zero-order chi connectivity index (χ0) is 19.0. The summed E-state index contributed by atoms with van der Waals surface area (Å²) in [5, 5.41) is 1.25. The molecular formula is C19H23ClN2O3S2. The van der Waals surface area contributed by atoms with E-state index < -0.39 is 9.84 Å². The minimum atomic E-state index is -3.05. The van der Waals surface area contributed by atoms with Crippen molar-refractivity contribution >= 4 is 44.3 Å². The fourth-order valence-electron chi connectivity index (χ4n) is 4.17. The Labute approximate surface area is 169 Å². The average Bonchev–Trinajstić information content (AvgIpc) is 3.10. The number of benzene rings is 1. The zero-order valence-electron chi connectivity index (χ0n) is 15.0. The van der Waals surface area contributed by atoms with E-state index in [2.05, 4.69) is 4.99 Å². The van der Waals surface area contributed by atoms with Crippen LogP contribution in [0.25, 0.3) is 0 Å². The Morgan fingerprint density at radius 1 is 1.19 bits per heavy atom. The Balaban J connectivity index is 1.60. The van der Waals surface area contributed by atoms with Gasteiger partial charge >= 0.3 is 0 Å². The molecule has 8 heteroatoms. The van der Waals surface area contributed by atoms with Crippen LogP contribution >= 0.6 is 23.4 Å². The van der Waals surface area contributed by atoms with Gasteiger partial charge in [0.2, 0.25) is 0 Å². The lowest BCUT2D eigenvalue weighted by Gasteiger charge is -2.25. The third-order valence-corrected chi connectivity index (χ3v) is 9.25. The first-order valence-electron chi connectivity index (χ1n) is 9.42. The molecule has 1 amide bonds. The minimum absolute atomic E-state index is 0.0122. The Kier molecular flexibility index (Phi) is 5.54. The maximum atomic E-state index is 12.7. The second-order valence-electron chi connectivity index (χ2n) is 7.59. The molecule has 2 saturated heterocycles.